The molecule has 0 bridgehead atoms. The van der Waals surface area contributed by atoms with Crippen molar-refractivity contribution in [3.05, 3.63) is 18.0 Å². The van der Waals surface area contributed by atoms with Gasteiger partial charge in [0.25, 0.3) is 0 Å². The Balaban J connectivity index is 1.81. The number of ether oxygens (including phenoxy) is 1. The van der Waals surface area contributed by atoms with Gasteiger partial charge in [-0.05, 0) is 33.7 Å². The van der Waals surface area contributed by atoms with Gasteiger partial charge < -0.3 is 15.4 Å². The van der Waals surface area contributed by atoms with Gasteiger partial charge in [0, 0.05) is 24.8 Å². The number of carbonyl (C=O) groups is 1. The average molecular weight is 266 g/mol. The molecule has 1 atom stereocenters. The Kier molecular flexibility index (Phi) is 4.09. The lowest BCUT2D eigenvalue weighted by Gasteiger charge is -2.19. The minimum atomic E-state index is -0.468. The normalized spacial score (nSPS) is 19.4. The topological polar surface area (TPSA) is 68.2 Å². The van der Waals surface area contributed by atoms with Gasteiger partial charge in [0.15, 0.2) is 0 Å². The van der Waals surface area contributed by atoms with Gasteiger partial charge in [-0.15, -0.1) is 0 Å². The molecule has 1 saturated heterocycles. The second kappa shape index (κ2) is 5.61. The summed E-state index contributed by atoms with van der Waals surface area (Å²) in [7, 11) is 0. The zero-order chi connectivity index (χ0) is 13.9. The lowest BCUT2D eigenvalue weighted by molar-refractivity contribution is 0.0523. The summed E-state index contributed by atoms with van der Waals surface area (Å²) < 4.78 is 7.14. The lowest BCUT2D eigenvalue weighted by Crippen LogP contribution is -2.32. The van der Waals surface area contributed by atoms with E-state index in [1.165, 1.54) is 0 Å². The molecule has 2 heterocycles. The van der Waals surface area contributed by atoms with Crippen molar-refractivity contribution in [3.63, 3.8) is 0 Å². The molecule has 1 aromatic rings. The van der Waals surface area contributed by atoms with Gasteiger partial charge in [0.2, 0.25) is 0 Å². The predicted octanol–water partition coefficient (Wildman–Crippen LogP) is 1.44. The molecule has 2 rings (SSSR count). The van der Waals surface area contributed by atoms with Crippen LogP contribution in [0.2, 0.25) is 0 Å². The third-order valence-electron chi connectivity index (χ3n) is 2.90. The van der Waals surface area contributed by atoms with Crippen LogP contribution in [0.25, 0.3) is 0 Å². The van der Waals surface area contributed by atoms with E-state index in [1.807, 2.05) is 31.6 Å². The molecule has 6 heteroatoms. The van der Waals surface area contributed by atoms with E-state index in [4.69, 9.17) is 4.74 Å². The zero-order valence-corrected chi connectivity index (χ0v) is 11.8. The Hall–Kier alpha value is -1.56. The van der Waals surface area contributed by atoms with Crippen LogP contribution in [0.1, 0.15) is 38.8 Å². The van der Waals surface area contributed by atoms with Crippen LogP contribution < -0.4 is 10.6 Å². The van der Waals surface area contributed by atoms with Crippen molar-refractivity contribution in [1.82, 2.24) is 20.4 Å². The monoisotopic (exact) mass is 266 g/mol. The summed E-state index contributed by atoms with van der Waals surface area (Å²) in [5, 5.41) is 10.4. The van der Waals surface area contributed by atoms with Gasteiger partial charge in [-0.3, -0.25) is 4.68 Å². The lowest BCUT2D eigenvalue weighted by atomic mass is 10.2. The summed E-state index contributed by atoms with van der Waals surface area (Å²) in [6, 6.07) is 0.426. The Bertz CT molecular complexity index is 430. The van der Waals surface area contributed by atoms with Crippen LogP contribution >= 0.6 is 0 Å². The SMILES string of the molecule is CC(C)(C)OC(=O)NCc1cnn([C@@H]2CCNC2)c1. The molecule has 0 aromatic carbocycles. The van der Waals surface area contributed by atoms with Gasteiger partial charge in [-0.2, -0.15) is 5.10 Å². The molecule has 1 aliphatic rings. The first-order chi connectivity index (χ1) is 8.94. The van der Waals surface area contributed by atoms with Crippen molar-refractivity contribution in [2.45, 2.75) is 45.4 Å². The van der Waals surface area contributed by atoms with Gasteiger partial charge in [0.1, 0.15) is 5.60 Å². The van der Waals surface area contributed by atoms with Crippen molar-refractivity contribution < 1.29 is 9.53 Å². The molecule has 0 radical (unpaired) electrons. The first-order valence-electron chi connectivity index (χ1n) is 6.65. The molecule has 0 spiro atoms. The van der Waals surface area contributed by atoms with Gasteiger partial charge in [-0.1, -0.05) is 0 Å². The molecule has 6 nitrogen and oxygen atoms in total. The number of rotatable bonds is 3. The second-order valence-corrected chi connectivity index (χ2v) is 5.83. The molecule has 0 aliphatic carbocycles. The van der Waals surface area contributed by atoms with Crippen LogP contribution in [0.3, 0.4) is 0 Å². The molecule has 2 N–H and O–H groups in total. The summed E-state index contributed by atoms with van der Waals surface area (Å²) in [6.45, 7) is 7.97. The van der Waals surface area contributed by atoms with E-state index in [0.29, 0.717) is 12.6 Å². The highest BCUT2D eigenvalue weighted by molar-refractivity contribution is 5.67. The fourth-order valence-corrected chi connectivity index (χ4v) is 2.02. The van der Waals surface area contributed by atoms with E-state index >= 15 is 0 Å². The molecule has 0 unspecified atom stereocenters. The van der Waals surface area contributed by atoms with E-state index < -0.39 is 11.7 Å². The zero-order valence-electron chi connectivity index (χ0n) is 11.8. The molecular formula is C13H22N4O2. The second-order valence-electron chi connectivity index (χ2n) is 5.83. The highest BCUT2D eigenvalue weighted by Gasteiger charge is 2.18. The van der Waals surface area contributed by atoms with E-state index in [2.05, 4.69) is 15.7 Å². The maximum absolute atomic E-state index is 11.5. The number of amides is 1. The summed E-state index contributed by atoms with van der Waals surface area (Å²) in [4.78, 5) is 11.5. The van der Waals surface area contributed by atoms with Gasteiger partial charge >= 0.3 is 6.09 Å². The minimum Gasteiger partial charge on any atom is -0.444 e. The van der Waals surface area contributed by atoms with Crippen LogP contribution in [-0.4, -0.2) is 34.6 Å². The Morgan fingerprint density at radius 3 is 3.05 bits per heavy atom. The Morgan fingerprint density at radius 2 is 2.42 bits per heavy atom. The smallest absolute Gasteiger partial charge is 0.407 e. The van der Waals surface area contributed by atoms with E-state index in [9.17, 15) is 4.79 Å². The van der Waals surface area contributed by atoms with Crippen LogP contribution in [0.15, 0.2) is 12.4 Å². The van der Waals surface area contributed by atoms with Crippen molar-refractivity contribution in [3.8, 4) is 0 Å². The van der Waals surface area contributed by atoms with Crippen molar-refractivity contribution >= 4 is 6.09 Å². The van der Waals surface area contributed by atoms with Crippen molar-refractivity contribution in [2.24, 2.45) is 0 Å². The first-order valence-corrected chi connectivity index (χ1v) is 6.65. The molecule has 1 amide bonds. The number of nitrogens with one attached hydrogen (secondary N) is 2. The number of nitrogens with zero attached hydrogens (tertiary/aromatic N) is 2. The molecule has 1 aromatic heterocycles. The highest BCUT2D eigenvalue weighted by atomic mass is 16.6. The van der Waals surface area contributed by atoms with E-state index in [0.717, 1.165) is 25.1 Å². The average Bonchev–Trinajstić information content (AvgIpc) is 2.95. The number of hydrogen-bond acceptors (Lipinski definition) is 4. The van der Waals surface area contributed by atoms with Crippen LogP contribution in [0.4, 0.5) is 4.79 Å². The summed E-state index contributed by atoms with van der Waals surface area (Å²) in [6.07, 6.45) is 4.47. The first kappa shape index (κ1) is 13.9. The van der Waals surface area contributed by atoms with Crippen molar-refractivity contribution in [1.29, 1.82) is 0 Å². The number of carbonyl (C=O) groups excluding carboxylic acids is 1. The Labute approximate surface area is 113 Å². The van der Waals surface area contributed by atoms with Gasteiger partial charge in [-0.25, -0.2) is 4.79 Å². The summed E-state index contributed by atoms with van der Waals surface area (Å²) in [5.41, 5.74) is 0.516. The maximum Gasteiger partial charge on any atom is 0.407 e. The fraction of sp³-hybridized carbons (Fsp3) is 0.692. The molecule has 106 valence electrons. The van der Waals surface area contributed by atoms with Crippen LogP contribution in [-0.2, 0) is 11.3 Å². The molecule has 19 heavy (non-hydrogen) atoms. The molecule has 1 aliphatic heterocycles. The fourth-order valence-electron chi connectivity index (χ4n) is 2.02. The number of hydrogen-bond donors (Lipinski definition) is 2. The van der Waals surface area contributed by atoms with Gasteiger partial charge in [0.05, 0.1) is 12.2 Å². The molecule has 0 saturated carbocycles. The molecule has 1 fully saturated rings. The van der Waals surface area contributed by atoms with Crippen LogP contribution in [0, 0.1) is 0 Å². The van der Waals surface area contributed by atoms with E-state index in [-0.39, 0.29) is 0 Å². The summed E-state index contributed by atoms with van der Waals surface area (Å²) in [5.74, 6) is 0. The largest absolute Gasteiger partial charge is 0.444 e. The highest BCUT2D eigenvalue weighted by Crippen LogP contribution is 2.14. The van der Waals surface area contributed by atoms with Crippen LogP contribution in [0.5, 0.6) is 0 Å². The quantitative estimate of drug-likeness (QED) is 0.868. The standard InChI is InChI=1S/C13H22N4O2/c1-13(2,3)19-12(18)15-6-10-7-16-17(9-10)11-4-5-14-8-11/h7,9,11,14H,4-6,8H2,1-3H3,(H,15,18)/t11-/m1/s1. The predicted molar refractivity (Wildman–Crippen MR) is 71.8 cm³/mol. The number of alkyl carbamates (subject to hydrolysis) is 1. The molecular weight excluding hydrogens is 244 g/mol. The third-order valence-corrected chi connectivity index (χ3v) is 2.90. The van der Waals surface area contributed by atoms with Crippen molar-refractivity contribution in [2.75, 3.05) is 13.1 Å². The summed E-state index contributed by atoms with van der Waals surface area (Å²) >= 11 is 0. The Morgan fingerprint density at radius 1 is 1.63 bits per heavy atom. The minimum absolute atomic E-state index is 0.400. The third kappa shape index (κ3) is 4.24. The maximum atomic E-state index is 11.5. The number of aromatic nitrogens is 2. The van der Waals surface area contributed by atoms with E-state index in [1.54, 1.807) is 6.20 Å².